The lowest BCUT2D eigenvalue weighted by Gasteiger charge is -2.32. The van der Waals surface area contributed by atoms with Crippen molar-refractivity contribution in [2.75, 3.05) is 6.54 Å². The molecular weight excluding hydrogens is 306 g/mol. The molecule has 0 bridgehead atoms. The lowest BCUT2D eigenvalue weighted by Crippen LogP contribution is -2.25. The van der Waals surface area contributed by atoms with Gasteiger partial charge in [0, 0.05) is 18.5 Å². The molecule has 2 aromatic carbocycles. The van der Waals surface area contributed by atoms with E-state index in [0.29, 0.717) is 12.0 Å². The Morgan fingerprint density at radius 3 is 2.59 bits per heavy atom. The maximum Gasteiger partial charge on any atom is 0.161 e. The summed E-state index contributed by atoms with van der Waals surface area (Å²) in [5.74, 6) is -0.119. The first-order valence-corrected chi connectivity index (χ1v) is 6.78. The van der Waals surface area contributed by atoms with Crippen molar-refractivity contribution >= 4 is 12.4 Å². The van der Waals surface area contributed by atoms with Gasteiger partial charge in [0.15, 0.2) is 11.5 Å². The van der Waals surface area contributed by atoms with Crippen LogP contribution in [0.2, 0.25) is 0 Å². The first-order chi connectivity index (χ1) is 10.1. The molecule has 0 saturated heterocycles. The topological polar surface area (TPSA) is 95.9 Å². The van der Waals surface area contributed by atoms with E-state index in [0.717, 1.165) is 11.1 Å². The van der Waals surface area contributed by atoms with E-state index in [1.165, 1.54) is 6.07 Å². The quantitative estimate of drug-likeness (QED) is 0.637. The summed E-state index contributed by atoms with van der Waals surface area (Å²) >= 11 is 0. The Balaban J connectivity index is 0.00000176. The highest BCUT2D eigenvalue weighted by atomic mass is 35.5. The van der Waals surface area contributed by atoms with Crippen LogP contribution in [0.15, 0.2) is 36.4 Å². The second-order valence-corrected chi connectivity index (χ2v) is 5.15. The second kappa shape index (κ2) is 6.44. The molecule has 0 fully saturated rings. The maximum absolute atomic E-state index is 10.1. The average Bonchev–Trinajstić information content (AvgIpc) is 2.50. The molecule has 0 unspecified atom stereocenters. The van der Waals surface area contributed by atoms with Gasteiger partial charge in [0.05, 0.1) is 12.2 Å². The summed E-state index contributed by atoms with van der Waals surface area (Å²) in [5, 5.41) is 29.3. The minimum atomic E-state index is -0.354. The Morgan fingerprint density at radius 1 is 1.14 bits per heavy atom. The molecule has 0 aliphatic carbocycles. The van der Waals surface area contributed by atoms with Crippen molar-refractivity contribution in [1.29, 1.82) is 0 Å². The summed E-state index contributed by atoms with van der Waals surface area (Å²) < 4.78 is 5.97. The maximum atomic E-state index is 10.1. The molecule has 1 aliphatic rings. The predicted molar refractivity (Wildman–Crippen MR) is 84.5 cm³/mol. The smallest absolute Gasteiger partial charge is 0.161 e. The zero-order valence-electron chi connectivity index (χ0n) is 11.8. The number of ether oxygens (including phenoxy) is 1. The molecule has 0 radical (unpaired) electrons. The normalized spacial score (nSPS) is 20.0. The van der Waals surface area contributed by atoms with Crippen LogP contribution in [0.1, 0.15) is 28.9 Å². The number of phenols is 3. The van der Waals surface area contributed by atoms with Crippen LogP contribution in [-0.4, -0.2) is 21.9 Å². The standard InChI is InChI=1S/C16H17NO4.ClH/c17-8-15-11-4-5-13(19)16(20)12(11)7-14(21-15)9-2-1-3-10(18)6-9;/h1-6,14-15,18-20H,7-8,17H2;1H/t14-,15-;/m0./s1. The van der Waals surface area contributed by atoms with E-state index < -0.39 is 0 Å². The third-order valence-corrected chi connectivity index (χ3v) is 3.82. The van der Waals surface area contributed by atoms with E-state index in [9.17, 15) is 15.3 Å². The minimum Gasteiger partial charge on any atom is -0.508 e. The molecular formula is C16H18ClNO4. The Labute approximate surface area is 134 Å². The third-order valence-electron chi connectivity index (χ3n) is 3.82. The molecule has 5 nitrogen and oxygen atoms in total. The Bertz CT molecular complexity index is 677. The lowest BCUT2D eigenvalue weighted by atomic mass is 9.90. The highest BCUT2D eigenvalue weighted by Crippen LogP contribution is 2.43. The van der Waals surface area contributed by atoms with Crippen molar-refractivity contribution in [3.05, 3.63) is 53.1 Å². The molecule has 1 heterocycles. The van der Waals surface area contributed by atoms with Gasteiger partial charge in [-0.3, -0.25) is 0 Å². The van der Waals surface area contributed by atoms with E-state index in [1.54, 1.807) is 24.3 Å². The van der Waals surface area contributed by atoms with Gasteiger partial charge in [0.1, 0.15) is 5.75 Å². The summed E-state index contributed by atoms with van der Waals surface area (Å²) in [7, 11) is 0. The van der Waals surface area contributed by atoms with Crippen molar-refractivity contribution in [3.8, 4) is 17.2 Å². The molecule has 6 heteroatoms. The van der Waals surface area contributed by atoms with Crippen molar-refractivity contribution in [3.63, 3.8) is 0 Å². The monoisotopic (exact) mass is 323 g/mol. The van der Waals surface area contributed by atoms with Crippen molar-refractivity contribution in [2.24, 2.45) is 5.73 Å². The molecule has 0 aromatic heterocycles. The number of aromatic hydroxyl groups is 3. The SMILES string of the molecule is Cl.NC[C@@H]1O[C@H](c2cccc(O)c2)Cc2c1ccc(O)c2O. The van der Waals surface area contributed by atoms with Gasteiger partial charge >= 0.3 is 0 Å². The fraction of sp³-hybridized carbons (Fsp3) is 0.250. The van der Waals surface area contributed by atoms with Crippen molar-refractivity contribution in [2.45, 2.75) is 18.6 Å². The number of fused-ring (bicyclic) bond motifs is 1. The van der Waals surface area contributed by atoms with Gasteiger partial charge in [0.25, 0.3) is 0 Å². The molecule has 1 aliphatic heterocycles. The Hall–Kier alpha value is -1.95. The Morgan fingerprint density at radius 2 is 1.91 bits per heavy atom. The summed E-state index contributed by atoms with van der Waals surface area (Å²) in [5.41, 5.74) is 8.00. The predicted octanol–water partition coefficient (Wildman–Crippen LogP) is 2.54. The fourth-order valence-corrected chi connectivity index (χ4v) is 2.76. The van der Waals surface area contributed by atoms with Crippen molar-refractivity contribution in [1.82, 2.24) is 0 Å². The van der Waals surface area contributed by atoms with Gasteiger partial charge in [-0.05, 0) is 29.3 Å². The van der Waals surface area contributed by atoms with Crippen LogP contribution in [0.4, 0.5) is 0 Å². The largest absolute Gasteiger partial charge is 0.508 e. The zero-order chi connectivity index (χ0) is 15.0. The van der Waals surface area contributed by atoms with Crippen LogP contribution in [0, 0.1) is 0 Å². The van der Waals surface area contributed by atoms with Gasteiger partial charge in [-0.15, -0.1) is 12.4 Å². The van der Waals surface area contributed by atoms with Crippen LogP contribution in [0.25, 0.3) is 0 Å². The molecule has 0 amide bonds. The number of benzene rings is 2. The van der Waals surface area contributed by atoms with Crippen LogP contribution in [0.3, 0.4) is 0 Å². The van der Waals surface area contributed by atoms with E-state index in [4.69, 9.17) is 10.5 Å². The molecule has 2 atom stereocenters. The molecule has 118 valence electrons. The summed E-state index contributed by atoms with van der Waals surface area (Å²) in [6, 6.07) is 9.97. The highest BCUT2D eigenvalue weighted by Gasteiger charge is 2.30. The first kappa shape index (κ1) is 16.4. The molecule has 2 aromatic rings. The number of hydrogen-bond donors (Lipinski definition) is 4. The van der Waals surface area contributed by atoms with Gasteiger partial charge in [-0.25, -0.2) is 0 Å². The van der Waals surface area contributed by atoms with Crippen LogP contribution >= 0.6 is 12.4 Å². The number of phenolic OH excluding ortho intramolecular Hbond substituents is 3. The molecule has 22 heavy (non-hydrogen) atoms. The first-order valence-electron chi connectivity index (χ1n) is 6.78. The average molecular weight is 324 g/mol. The van der Waals surface area contributed by atoms with E-state index in [-0.39, 0.29) is 48.4 Å². The van der Waals surface area contributed by atoms with Gasteiger partial charge in [0.2, 0.25) is 0 Å². The number of hydrogen-bond acceptors (Lipinski definition) is 5. The van der Waals surface area contributed by atoms with Crippen LogP contribution in [0.5, 0.6) is 17.2 Å². The van der Waals surface area contributed by atoms with Crippen LogP contribution in [-0.2, 0) is 11.2 Å². The third kappa shape index (κ3) is 2.83. The second-order valence-electron chi connectivity index (χ2n) is 5.15. The summed E-state index contributed by atoms with van der Waals surface area (Å²) in [6.45, 7) is 0.270. The summed E-state index contributed by atoms with van der Waals surface area (Å²) in [6.07, 6.45) is -0.270. The van der Waals surface area contributed by atoms with Crippen LogP contribution < -0.4 is 5.73 Å². The molecule has 0 saturated carbocycles. The van der Waals surface area contributed by atoms with E-state index >= 15 is 0 Å². The molecule has 3 rings (SSSR count). The van der Waals surface area contributed by atoms with Gasteiger partial charge < -0.3 is 25.8 Å². The van der Waals surface area contributed by atoms with E-state index in [1.807, 2.05) is 6.07 Å². The summed E-state index contributed by atoms with van der Waals surface area (Å²) in [4.78, 5) is 0. The minimum absolute atomic E-state index is 0. The zero-order valence-corrected chi connectivity index (χ0v) is 12.6. The van der Waals surface area contributed by atoms with Crippen molar-refractivity contribution < 1.29 is 20.1 Å². The number of halogens is 1. The highest BCUT2D eigenvalue weighted by molar-refractivity contribution is 5.85. The molecule has 0 spiro atoms. The number of nitrogens with two attached hydrogens (primary N) is 1. The molecule has 5 N–H and O–H groups in total. The fourth-order valence-electron chi connectivity index (χ4n) is 2.76. The number of rotatable bonds is 2. The lowest BCUT2D eigenvalue weighted by molar-refractivity contribution is -0.0231. The van der Waals surface area contributed by atoms with Gasteiger partial charge in [-0.2, -0.15) is 0 Å². The van der Waals surface area contributed by atoms with E-state index in [2.05, 4.69) is 0 Å². The Kier molecular flexibility index (Phi) is 4.81. The van der Waals surface area contributed by atoms with Gasteiger partial charge in [-0.1, -0.05) is 18.2 Å².